The molecule has 0 atom stereocenters. The van der Waals surface area contributed by atoms with Gasteiger partial charge in [-0.3, -0.25) is 4.79 Å². The van der Waals surface area contributed by atoms with Crippen molar-refractivity contribution in [3.8, 4) is 5.75 Å². The van der Waals surface area contributed by atoms with Gasteiger partial charge in [-0.15, -0.1) is 0 Å². The summed E-state index contributed by atoms with van der Waals surface area (Å²) < 4.78 is 0. The first-order chi connectivity index (χ1) is 6.26. The van der Waals surface area contributed by atoms with Crippen LogP contribution in [0.4, 0.5) is 0 Å². The van der Waals surface area contributed by atoms with Gasteiger partial charge in [0.05, 0.1) is 18.8 Å². The number of aliphatic hydroxyl groups excluding tert-OH is 2. The fourth-order valence-electron chi connectivity index (χ4n) is 0.587. The van der Waals surface area contributed by atoms with Crippen molar-refractivity contribution in [3.05, 3.63) is 29.8 Å². The Balaban J connectivity index is 0. The molecular formula is C9H12O4Ti. The molecule has 0 amide bonds. The molecule has 0 aromatic heterocycles. The number of aromatic hydroxyl groups is 1. The summed E-state index contributed by atoms with van der Waals surface area (Å²) in [5, 5.41) is 24.1. The molecule has 0 aliphatic carbocycles. The maximum absolute atomic E-state index is 10.1. The molecular weight excluding hydrogens is 220 g/mol. The Morgan fingerprint density at radius 3 is 1.93 bits per heavy atom. The Labute approximate surface area is 97.1 Å². The first kappa shape index (κ1) is 15.8. The van der Waals surface area contributed by atoms with Gasteiger partial charge < -0.3 is 15.3 Å². The van der Waals surface area contributed by atoms with E-state index in [1.165, 1.54) is 6.07 Å². The van der Waals surface area contributed by atoms with Crippen LogP contribution in [0.15, 0.2) is 24.3 Å². The second-order valence-electron chi connectivity index (χ2n) is 2.12. The average Bonchev–Trinajstić information content (AvgIpc) is 2.19. The summed E-state index contributed by atoms with van der Waals surface area (Å²) in [6.07, 6.45) is 0.620. The van der Waals surface area contributed by atoms with Crippen molar-refractivity contribution in [2.45, 2.75) is 0 Å². The number of hydrogen-bond donors (Lipinski definition) is 3. The summed E-state index contributed by atoms with van der Waals surface area (Å²) in [5.41, 5.74) is 0.331. The Hall–Kier alpha value is -0.676. The van der Waals surface area contributed by atoms with Crippen LogP contribution in [0, 0.1) is 0 Å². The van der Waals surface area contributed by atoms with Gasteiger partial charge in [-0.1, -0.05) is 12.1 Å². The van der Waals surface area contributed by atoms with Crippen LogP contribution in [0.1, 0.15) is 10.4 Å². The molecule has 1 aromatic rings. The van der Waals surface area contributed by atoms with E-state index in [2.05, 4.69) is 0 Å². The largest absolute Gasteiger partial charge is 0.507 e. The van der Waals surface area contributed by atoms with E-state index in [1.54, 1.807) is 18.2 Å². The topological polar surface area (TPSA) is 77.8 Å². The number of phenols is 1. The molecule has 0 aliphatic heterocycles. The Kier molecular flexibility index (Phi) is 11.7. The number of rotatable bonds is 2. The molecule has 0 bridgehead atoms. The normalized spacial score (nSPS) is 7.86. The van der Waals surface area contributed by atoms with Gasteiger partial charge in [-0.05, 0) is 12.1 Å². The molecule has 1 rings (SSSR count). The second kappa shape index (κ2) is 10.4. The van der Waals surface area contributed by atoms with Gasteiger partial charge in [0.15, 0.2) is 6.29 Å². The Morgan fingerprint density at radius 2 is 1.64 bits per heavy atom. The monoisotopic (exact) mass is 232 g/mol. The maximum atomic E-state index is 10.1. The quantitative estimate of drug-likeness (QED) is 0.501. The summed E-state index contributed by atoms with van der Waals surface area (Å²) in [5.74, 6) is 0.0347. The molecule has 0 fully saturated rings. The zero-order valence-electron chi connectivity index (χ0n) is 7.55. The van der Waals surface area contributed by atoms with Gasteiger partial charge in [0.25, 0.3) is 0 Å². The molecule has 3 N–H and O–H groups in total. The van der Waals surface area contributed by atoms with Crippen molar-refractivity contribution in [1.29, 1.82) is 0 Å². The molecule has 0 aliphatic rings. The SMILES string of the molecule is O=Cc1ccccc1O.OCCO.[Ti]. The summed E-state index contributed by atoms with van der Waals surface area (Å²) in [6, 6.07) is 6.40. The summed E-state index contributed by atoms with van der Waals surface area (Å²) in [6.45, 7) is -0.250. The van der Waals surface area contributed by atoms with E-state index in [4.69, 9.17) is 15.3 Å². The molecule has 0 saturated heterocycles. The van der Waals surface area contributed by atoms with Crippen molar-refractivity contribution in [2.24, 2.45) is 0 Å². The second-order valence-corrected chi connectivity index (χ2v) is 2.12. The Bertz CT molecular complexity index is 250. The minimum absolute atomic E-state index is 0. The zero-order chi connectivity index (χ0) is 10.1. The minimum Gasteiger partial charge on any atom is -0.507 e. The van der Waals surface area contributed by atoms with E-state index in [0.717, 1.165) is 0 Å². The van der Waals surface area contributed by atoms with Crippen LogP contribution < -0.4 is 0 Å². The minimum atomic E-state index is -0.125. The first-order valence-corrected chi connectivity index (χ1v) is 3.71. The number of aldehydes is 1. The molecule has 76 valence electrons. The van der Waals surface area contributed by atoms with Crippen LogP contribution in [0.5, 0.6) is 5.75 Å². The molecule has 4 nitrogen and oxygen atoms in total. The number of carbonyl (C=O) groups is 1. The number of aliphatic hydroxyl groups is 2. The number of benzene rings is 1. The van der Waals surface area contributed by atoms with Gasteiger partial charge in [0.1, 0.15) is 5.75 Å². The van der Waals surface area contributed by atoms with Crippen LogP contribution in [-0.2, 0) is 21.7 Å². The van der Waals surface area contributed by atoms with Crippen LogP contribution in [-0.4, -0.2) is 34.8 Å². The molecule has 5 heteroatoms. The van der Waals surface area contributed by atoms with E-state index in [-0.39, 0.29) is 40.7 Å². The van der Waals surface area contributed by atoms with Crippen LogP contribution >= 0.6 is 0 Å². The number of para-hydroxylation sites is 1. The first-order valence-electron chi connectivity index (χ1n) is 3.71. The third kappa shape index (κ3) is 6.80. The van der Waals surface area contributed by atoms with Gasteiger partial charge in [0.2, 0.25) is 0 Å². The van der Waals surface area contributed by atoms with Crippen molar-refractivity contribution in [3.63, 3.8) is 0 Å². The van der Waals surface area contributed by atoms with Crippen LogP contribution in [0.25, 0.3) is 0 Å². The van der Waals surface area contributed by atoms with E-state index in [1.807, 2.05) is 0 Å². The molecule has 1 aromatic carbocycles. The van der Waals surface area contributed by atoms with Crippen molar-refractivity contribution in [2.75, 3.05) is 13.2 Å². The molecule has 0 spiro atoms. The predicted molar refractivity (Wildman–Crippen MR) is 47.7 cm³/mol. The van der Waals surface area contributed by atoms with Gasteiger partial charge >= 0.3 is 0 Å². The molecule has 0 heterocycles. The average molecular weight is 232 g/mol. The Morgan fingerprint density at radius 1 is 1.14 bits per heavy atom. The third-order valence-electron chi connectivity index (χ3n) is 1.16. The summed E-state index contributed by atoms with van der Waals surface area (Å²) in [4.78, 5) is 10.1. The van der Waals surface area contributed by atoms with Crippen molar-refractivity contribution < 1.29 is 41.8 Å². The smallest absolute Gasteiger partial charge is 0.153 e. The number of carbonyl (C=O) groups excluding carboxylic acids is 1. The number of hydrogen-bond acceptors (Lipinski definition) is 4. The standard InChI is InChI=1S/C7H6O2.C2H6O2.Ti/c8-5-6-3-1-2-4-7(6)9;3-1-2-4;/h1-5,9H;3-4H,1-2H2;. The molecule has 0 saturated carbocycles. The maximum Gasteiger partial charge on any atom is 0.153 e. The third-order valence-corrected chi connectivity index (χ3v) is 1.16. The summed E-state index contributed by atoms with van der Waals surface area (Å²) >= 11 is 0. The van der Waals surface area contributed by atoms with Gasteiger partial charge in [0, 0.05) is 21.7 Å². The predicted octanol–water partition coefficient (Wildman–Crippen LogP) is 0.173. The fourth-order valence-corrected chi connectivity index (χ4v) is 0.587. The van der Waals surface area contributed by atoms with E-state index >= 15 is 0 Å². The van der Waals surface area contributed by atoms with Crippen molar-refractivity contribution in [1.82, 2.24) is 0 Å². The van der Waals surface area contributed by atoms with E-state index in [0.29, 0.717) is 11.8 Å². The molecule has 0 radical (unpaired) electrons. The fraction of sp³-hybridized carbons (Fsp3) is 0.222. The van der Waals surface area contributed by atoms with E-state index < -0.39 is 0 Å². The van der Waals surface area contributed by atoms with Gasteiger partial charge in [-0.25, -0.2) is 0 Å². The van der Waals surface area contributed by atoms with E-state index in [9.17, 15) is 4.79 Å². The van der Waals surface area contributed by atoms with Gasteiger partial charge in [-0.2, -0.15) is 0 Å². The summed E-state index contributed by atoms with van der Waals surface area (Å²) in [7, 11) is 0. The van der Waals surface area contributed by atoms with Crippen molar-refractivity contribution >= 4 is 6.29 Å². The van der Waals surface area contributed by atoms with Crippen LogP contribution in [0.3, 0.4) is 0 Å². The molecule has 0 unspecified atom stereocenters. The van der Waals surface area contributed by atoms with Crippen LogP contribution in [0.2, 0.25) is 0 Å². The molecule has 14 heavy (non-hydrogen) atoms. The number of phenolic OH excluding ortho intramolecular Hbond substituents is 1. The zero-order valence-corrected chi connectivity index (χ0v) is 9.11.